The molecular formula is C15H19ClFNO. The standard InChI is InChI=1S/C15H19ClFNO/c1-10-7-15(19,9-18(10)12-5-6-12)8-11-3-2-4-13(17)14(11)16/h2-4,10,12,19H,5-9H2,1H3. The van der Waals surface area contributed by atoms with Crippen molar-refractivity contribution >= 4 is 11.6 Å². The lowest BCUT2D eigenvalue weighted by Crippen LogP contribution is -2.36. The van der Waals surface area contributed by atoms with Gasteiger partial charge in [-0.1, -0.05) is 23.7 Å². The Labute approximate surface area is 118 Å². The van der Waals surface area contributed by atoms with Crippen LogP contribution in [0.15, 0.2) is 18.2 Å². The summed E-state index contributed by atoms with van der Waals surface area (Å²) in [4.78, 5) is 2.38. The molecule has 1 saturated carbocycles. The van der Waals surface area contributed by atoms with Gasteiger partial charge in [0.2, 0.25) is 0 Å². The molecule has 2 fully saturated rings. The van der Waals surface area contributed by atoms with E-state index in [-0.39, 0.29) is 5.02 Å². The van der Waals surface area contributed by atoms with Crippen LogP contribution < -0.4 is 0 Å². The van der Waals surface area contributed by atoms with Crippen LogP contribution in [-0.4, -0.2) is 34.2 Å². The summed E-state index contributed by atoms with van der Waals surface area (Å²) in [6.07, 6.45) is 3.63. The van der Waals surface area contributed by atoms with Crippen molar-refractivity contribution in [3.8, 4) is 0 Å². The molecule has 104 valence electrons. The summed E-state index contributed by atoms with van der Waals surface area (Å²) in [7, 11) is 0. The fourth-order valence-corrected chi connectivity index (χ4v) is 3.48. The van der Waals surface area contributed by atoms with Gasteiger partial charge in [0.1, 0.15) is 5.82 Å². The summed E-state index contributed by atoms with van der Waals surface area (Å²) in [6, 6.07) is 5.84. The van der Waals surface area contributed by atoms with Crippen molar-refractivity contribution in [3.63, 3.8) is 0 Å². The first-order chi connectivity index (χ1) is 8.98. The summed E-state index contributed by atoms with van der Waals surface area (Å²) in [6.45, 7) is 2.83. The van der Waals surface area contributed by atoms with Gasteiger partial charge < -0.3 is 5.11 Å². The van der Waals surface area contributed by atoms with Crippen LogP contribution >= 0.6 is 11.6 Å². The molecule has 1 aromatic rings. The fourth-order valence-electron chi connectivity index (χ4n) is 3.29. The number of β-amino-alcohol motifs (C(OH)–C–C–N with tert-alkyl or cyclic N) is 1. The van der Waals surface area contributed by atoms with E-state index in [9.17, 15) is 9.50 Å². The monoisotopic (exact) mass is 283 g/mol. The largest absolute Gasteiger partial charge is 0.388 e. The molecule has 1 aliphatic carbocycles. The molecule has 1 heterocycles. The minimum atomic E-state index is -0.778. The van der Waals surface area contributed by atoms with Crippen LogP contribution in [0.1, 0.15) is 31.7 Å². The molecule has 1 aliphatic heterocycles. The van der Waals surface area contributed by atoms with Gasteiger partial charge in [0.05, 0.1) is 10.6 Å². The van der Waals surface area contributed by atoms with Gasteiger partial charge in [-0.05, 0) is 37.8 Å². The number of hydrogen-bond acceptors (Lipinski definition) is 2. The second kappa shape index (κ2) is 4.72. The second-order valence-corrected chi connectivity index (χ2v) is 6.45. The van der Waals surface area contributed by atoms with Crippen molar-refractivity contribution in [1.29, 1.82) is 0 Å². The van der Waals surface area contributed by atoms with Gasteiger partial charge in [-0.3, -0.25) is 4.90 Å². The normalized spacial score (nSPS) is 31.9. The Balaban J connectivity index is 1.77. The molecule has 3 rings (SSSR count). The van der Waals surface area contributed by atoms with Crippen LogP contribution in [0.2, 0.25) is 5.02 Å². The molecule has 1 aromatic carbocycles. The van der Waals surface area contributed by atoms with E-state index in [1.165, 1.54) is 18.9 Å². The Bertz CT molecular complexity index is 491. The SMILES string of the molecule is CC1CC(O)(Cc2cccc(F)c2Cl)CN1C1CC1. The maximum atomic E-state index is 13.4. The molecule has 0 radical (unpaired) electrons. The minimum absolute atomic E-state index is 0.147. The Morgan fingerprint density at radius 3 is 2.89 bits per heavy atom. The summed E-state index contributed by atoms with van der Waals surface area (Å²) in [5, 5.41) is 10.9. The molecule has 2 atom stereocenters. The molecular weight excluding hydrogens is 265 g/mol. The van der Waals surface area contributed by atoms with Crippen molar-refractivity contribution in [1.82, 2.24) is 4.90 Å². The zero-order valence-electron chi connectivity index (χ0n) is 11.1. The zero-order valence-corrected chi connectivity index (χ0v) is 11.8. The number of likely N-dealkylation sites (tertiary alicyclic amines) is 1. The quantitative estimate of drug-likeness (QED) is 0.922. The highest BCUT2D eigenvalue weighted by Gasteiger charge is 2.46. The Kier molecular flexibility index (Phi) is 3.32. The van der Waals surface area contributed by atoms with Gasteiger partial charge in [-0.25, -0.2) is 4.39 Å². The lowest BCUT2D eigenvalue weighted by Gasteiger charge is -2.24. The van der Waals surface area contributed by atoms with E-state index < -0.39 is 11.4 Å². The molecule has 0 aromatic heterocycles. The van der Waals surface area contributed by atoms with E-state index in [0.717, 1.165) is 6.42 Å². The topological polar surface area (TPSA) is 23.5 Å². The first-order valence-corrected chi connectivity index (χ1v) is 7.27. The highest BCUT2D eigenvalue weighted by molar-refractivity contribution is 6.31. The van der Waals surface area contributed by atoms with E-state index in [1.807, 2.05) is 0 Å². The number of halogens is 2. The number of aliphatic hydroxyl groups is 1. The maximum Gasteiger partial charge on any atom is 0.142 e. The van der Waals surface area contributed by atoms with Crippen molar-refractivity contribution in [3.05, 3.63) is 34.6 Å². The van der Waals surface area contributed by atoms with E-state index >= 15 is 0 Å². The molecule has 4 heteroatoms. The average Bonchev–Trinajstić information content (AvgIpc) is 3.12. The molecule has 1 saturated heterocycles. The minimum Gasteiger partial charge on any atom is -0.388 e. The van der Waals surface area contributed by atoms with Gasteiger partial charge in [0.25, 0.3) is 0 Å². The number of nitrogens with zero attached hydrogens (tertiary/aromatic N) is 1. The third-order valence-corrected chi connectivity index (χ3v) is 4.71. The first-order valence-electron chi connectivity index (χ1n) is 6.89. The number of hydrogen-bond donors (Lipinski definition) is 1. The molecule has 1 N–H and O–H groups in total. The Hall–Kier alpha value is -0.640. The molecule has 2 unspecified atom stereocenters. The third kappa shape index (κ3) is 2.64. The van der Waals surface area contributed by atoms with Crippen LogP contribution in [0.4, 0.5) is 4.39 Å². The van der Waals surface area contributed by atoms with Gasteiger partial charge in [-0.2, -0.15) is 0 Å². The summed E-state index contributed by atoms with van der Waals surface area (Å²) in [5.41, 5.74) is -0.0755. The molecule has 2 aliphatic rings. The summed E-state index contributed by atoms with van der Waals surface area (Å²) in [5.74, 6) is -0.409. The Morgan fingerprint density at radius 2 is 2.21 bits per heavy atom. The van der Waals surface area contributed by atoms with Gasteiger partial charge in [0, 0.05) is 25.0 Å². The van der Waals surface area contributed by atoms with Crippen LogP contribution in [0.3, 0.4) is 0 Å². The maximum absolute atomic E-state index is 13.4. The molecule has 0 bridgehead atoms. The van der Waals surface area contributed by atoms with E-state index in [1.54, 1.807) is 12.1 Å². The number of benzene rings is 1. The van der Waals surface area contributed by atoms with E-state index in [2.05, 4.69) is 11.8 Å². The third-order valence-electron chi connectivity index (χ3n) is 4.29. The van der Waals surface area contributed by atoms with Crippen molar-refractivity contribution in [2.75, 3.05) is 6.54 Å². The van der Waals surface area contributed by atoms with Crippen molar-refractivity contribution in [2.45, 2.75) is 50.3 Å². The van der Waals surface area contributed by atoms with Gasteiger partial charge >= 0.3 is 0 Å². The fraction of sp³-hybridized carbons (Fsp3) is 0.600. The smallest absolute Gasteiger partial charge is 0.142 e. The lowest BCUT2D eigenvalue weighted by atomic mass is 9.92. The summed E-state index contributed by atoms with van der Waals surface area (Å²) < 4.78 is 13.4. The van der Waals surface area contributed by atoms with E-state index in [4.69, 9.17) is 11.6 Å². The van der Waals surface area contributed by atoms with E-state index in [0.29, 0.717) is 30.6 Å². The van der Waals surface area contributed by atoms with Gasteiger partial charge in [-0.15, -0.1) is 0 Å². The zero-order chi connectivity index (χ0) is 13.6. The number of rotatable bonds is 3. The highest BCUT2D eigenvalue weighted by Crippen LogP contribution is 2.39. The first kappa shape index (κ1) is 13.3. The van der Waals surface area contributed by atoms with Crippen LogP contribution in [-0.2, 0) is 6.42 Å². The van der Waals surface area contributed by atoms with Crippen molar-refractivity contribution < 1.29 is 9.50 Å². The highest BCUT2D eigenvalue weighted by atomic mass is 35.5. The predicted molar refractivity (Wildman–Crippen MR) is 73.9 cm³/mol. The molecule has 2 nitrogen and oxygen atoms in total. The van der Waals surface area contributed by atoms with Crippen molar-refractivity contribution in [2.24, 2.45) is 0 Å². The van der Waals surface area contributed by atoms with Crippen LogP contribution in [0.25, 0.3) is 0 Å². The average molecular weight is 284 g/mol. The predicted octanol–water partition coefficient (Wildman–Crippen LogP) is 3.01. The van der Waals surface area contributed by atoms with Gasteiger partial charge in [0.15, 0.2) is 0 Å². The summed E-state index contributed by atoms with van der Waals surface area (Å²) >= 11 is 5.98. The second-order valence-electron chi connectivity index (χ2n) is 6.07. The molecule has 19 heavy (non-hydrogen) atoms. The molecule has 0 spiro atoms. The van der Waals surface area contributed by atoms with Crippen LogP contribution in [0, 0.1) is 5.82 Å². The Morgan fingerprint density at radius 1 is 1.47 bits per heavy atom. The molecule has 0 amide bonds. The lowest BCUT2D eigenvalue weighted by molar-refractivity contribution is 0.0486. The van der Waals surface area contributed by atoms with Crippen LogP contribution in [0.5, 0.6) is 0 Å².